The first-order valence-corrected chi connectivity index (χ1v) is 14.1. The zero-order chi connectivity index (χ0) is 28.0. The molecule has 2 aliphatic rings. The van der Waals surface area contributed by atoms with E-state index in [2.05, 4.69) is 33.4 Å². The maximum Gasteiger partial charge on any atom is 0.329 e. The number of carbonyl (C=O) groups is 2. The summed E-state index contributed by atoms with van der Waals surface area (Å²) in [7, 11) is 0. The summed E-state index contributed by atoms with van der Waals surface area (Å²) in [6, 6.07) is 20.2. The monoisotopic (exact) mass is 537 g/mol. The Kier molecular flexibility index (Phi) is 8.43. The quantitative estimate of drug-likeness (QED) is 0.304. The summed E-state index contributed by atoms with van der Waals surface area (Å²) >= 11 is 0. The molecule has 0 unspecified atom stereocenters. The summed E-state index contributed by atoms with van der Waals surface area (Å²) < 4.78 is 0. The molecule has 40 heavy (non-hydrogen) atoms. The maximum absolute atomic E-state index is 13.4. The molecular weight excluding hydrogens is 502 g/mol. The number of aromatic nitrogens is 1. The van der Waals surface area contributed by atoms with Crippen molar-refractivity contribution in [2.24, 2.45) is 15.2 Å². The molecule has 8 heteroatoms. The van der Waals surface area contributed by atoms with Gasteiger partial charge in [0.25, 0.3) is 0 Å². The molecule has 1 aliphatic carbocycles. The predicted molar refractivity (Wildman–Crippen MR) is 155 cm³/mol. The van der Waals surface area contributed by atoms with E-state index >= 15 is 0 Å². The van der Waals surface area contributed by atoms with Gasteiger partial charge in [0.1, 0.15) is 5.54 Å². The van der Waals surface area contributed by atoms with Gasteiger partial charge in [-0.3, -0.25) is 9.78 Å². The van der Waals surface area contributed by atoms with Crippen LogP contribution < -0.4 is 0 Å². The number of amides is 1. The number of carboxylic acid groups (broad SMARTS) is 1. The Morgan fingerprint density at radius 3 is 2.40 bits per heavy atom. The van der Waals surface area contributed by atoms with Crippen LogP contribution in [0, 0.1) is 0 Å². The van der Waals surface area contributed by atoms with Gasteiger partial charge in [0.15, 0.2) is 12.5 Å². The highest BCUT2D eigenvalue weighted by molar-refractivity contribution is 6.05. The van der Waals surface area contributed by atoms with Crippen molar-refractivity contribution in [2.75, 3.05) is 6.67 Å². The SMILES string of the molecule is CCCCC(=O)N(Cc1ccc(-c2cc(-c3ccccc3)ccc2C2=NCN=N2)nc1)C1(C(=O)O)CCCCC1. The first kappa shape index (κ1) is 27.4. The fourth-order valence-corrected chi connectivity index (χ4v) is 5.67. The molecule has 0 bridgehead atoms. The lowest BCUT2D eigenvalue weighted by Crippen LogP contribution is -2.57. The van der Waals surface area contributed by atoms with E-state index in [9.17, 15) is 14.7 Å². The number of azo groups is 1. The highest BCUT2D eigenvalue weighted by Gasteiger charge is 2.47. The first-order chi connectivity index (χ1) is 19.5. The molecule has 0 radical (unpaired) electrons. The molecule has 1 N–H and O–H groups in total. The van der Waals surface area contributed by atoms with Gasteiger partial charge < -0.3 is 10.0 Å². The summed E-state index contributed by atoms with van der Waals surface area (Å²) in [5.41, 5.74) is 4.27. The Morgan fingerprint density at radius 1 is 0.950 bits per heavy atom. The number of pyridine rings is 1. The van der Waals surface area contributed by atoms with E-state index in [1.54, 1.807) is 11.1 Å². The van der Waals surface area contributed by atoms with Gasteiger partial charge >= 0.3 is 5.97 Å². The molecule has 2 heterocycles. The van der Waals surface area contributed by atoms with E-state index < -0.39 is 11.5 Å². The molecule has 0 atom stereocenters. The van der Waals surface area contributed by atoms with Crippen molar-refractivity contribution in [3.05, 3.63) is 78.0 Å². The van der Waals surface area contributed by atoms with E-state index in [-0.39, 0.29) is 12.5 Å². The van der Waals surface area contributed by atoms with Crippen LogP contribution in [0.1, 0.15) is 69.4 Å². The van der Waals surface area contributed by atoms with Crippen LogP contribution in [0.15, 0.2) is 82.1 Å². The molecule has 1 fully saturated rings. The number of amidine groups is 1. The number of carbonyl (C=O) groups excluding carboxylic acids is 1. The van der Waals surface area contributed by atoms with Gasteiger partial charge in [-0.05, 0) is 54.2 Å². The second-order valence-electron chi connectivity index (χ2n) is 10.5. The molecule has 1 aromatic heterocycles. The average molecular weight is 538 g/mol. The third kappa shape index (κ3) is 5.71. The molecule has 0 spiro atoms. The largest absolute Gasteiger partial charge is 0.479 e. The lowest BCUT2D eigenvalue weighted by Gasteiger charge is -2.43. The summed E-state index contributed by atoms with van der Waals surface area (Å²) in [6.45, 7) is 2.57. The first-order valence-electron chi connectivity index (χ1n) is 14.1. The Hall–Kier alpha value is -4.20. The second kappa shape index (κ2) is 12.3. The highest BCUT2D eigenvalue weighted by atomic mass is 16.4. The van der Waals surface area contributed by atoms with Gasteiger partial charge in [0, 0.05) is 30.3 Å². The molecule has 5 rings (SSSR count). The van der Waals surface area contributed by atoms with Crippen LogP contribution in [0.4, 0.5) is 0 Å². The minimum Gasteiger partial charge on any atom is -0.479 e. The third-order valence-corrected chi connectivity index (χ3v) is 7.90. The molecule has 1 amide bonds. The molecule has 0 saturated heterocycles. The summed E-state index contributed by atoms with van der Waals surface area (Å²) in [4.78, 5) is 36.8. The fourth-order valence-electron chi connectivity index (χ4n) is 5.67. The lowest BCUT2D eigenvalue weighted by atomic mass is 9.79. The lowest BCUT2D eigenvalue weighted by molar-refractivity contribution is -0.163. The molecule has 3 aromatic rings. The van der Waals surface area contributed by atoms with E-state index in [0.29, 0.717) is 31.8 Å². The zero-order valence-electron chi connectivity index (χ0n) is 22.9. The maximum atomic E-state index is 13.4. The van der Waals surface area contributed by atoms with Crippen molar-refractivity contribution >= 4 is 17.7 Å². The Labute approximate surface area is 234 Å². The normalized spacial score (nSPS) is 16.0. The number of nitrogens with zero attached hydrogens (tertiary/aromatic N) is 5. The molecule has 8 nitrogen and oxygen atoms in total. The Balaban J connectivity index is 1.48. The van der Waals surface area contributed by atoms with Crippen LogP contribution in [-0.4, -0.2) is 44.9 Å². The number of benzene rings is 2. The van der Waals surface area contributed by atoms with Gasteiger partial charge in [-0.15, -0.1) is 5.11 Å². The van der Waals surface area contributed by atoms with Crippen molar-refractivity contribution in [3.63, 3.8) is 0 Å². The molecule has 1 aliphatic heterocycles. The van der Waals surface area contributed by atoms with Gasteiger partial charge in [0.2, 0.25) is 5.91 Å². The van der Waals surface area contributed by atoms with Gasteiger partial charge in [0.05, 0.1) is 5.69 Å². The van der Waals surface area contributed by atoms with E-state index in [0.717, 1.165) is 65.6 Å². The van der Waals surface area contributed by atoms with E-state index in [1.807, 2.05) is 49.4 Å². The molecule has 1 saturated carbocycles. The third-order valence-electron chi connectivity index (χ3n) is 7.90. The number of rotatable bonds is 10. The minimum atomic E-state index is -1.16. The second-order valence-corrected chi connectivity index (χ2v) is 10.5. The number of hydrogen-bond donors (Lipinski definition) is 1. The Bertz CT molecular complexity index is 1410. The van der Waals surface area contributed by atoms with Crippen LogP contribution in [0.25, 0.3) is 22.4 Å². The predicted octanol–water partition coefficient (Wildman–Crippen LogP) is 6.89. The van der Waals surface area contributed by atoms with Crippen molar-refractivity contribution < 1.29 is 14.7 Å². The van der Waals surface area contributed by atoms with Crippen LogP contribution in [0.2, 0.25) is 0 Å². The van der Waals surface area contributed by atoms with Crippen LogP contribution in [-0.2, 0) is 16.1 Å². The smallest absolute Gasteiger partial charge is 0.329 e. The molecule has 2 aromatic carbocycles. The van der Waals surface area contributed by atoms with Crippen molar-refractivity contribution in [1.29, 1.82) is 0 Å². The number of hydrogen-bond acceptors (Lipinski definition) is 6. The standard InChI is InChI=1S/C32H35N5O3/c1-2-3-12-29(38)37(32(31(39)40)17-8-5-9-18-32)21-23-13-16-28(33-20-23)27-19-25(24-10-6-4-7-11-24)14-15-26(27)30-34-22-35-36-30/h4,6-7,10-11,13-16,19-20H,2-3,5,8-9,12,17-18,21-22H2,1H3,(H,39,40). The fraction of sp³-hybridized carbons (Fsp3) is 0.375. The summed E-state index contributed by atoms with van der Waals surface area (Å²) in [5.74, 6) is -0.429. The average Bonchev–Trinajstić information content (AvgIpc) is 3.54. The number of unbranched alkanes of at least 4 members (excludes halogenated alkanes) is 1. The Morgan fingerprint density at radius 2 is 1.75 bits per heavy atom. The summed E-state index contributed by atoms with van der Waals surface area (Å²) in [5, 5.41) is 18.6. The van der Waals surface area contributed by atoms with Crippen molar-refractivity contribution in [3.8, 4) is 22.4 Å². The van der Waals surface area contributed by atoms with Gasteiger partial charge in [-0.1, -0.05) is 75.1 Å². The minimum absolute atomic E-state index is 0.0994. The van der Waals surface area contributed by atoms with Gasteiger partial charge in [-0.2, -0.15) is 5.11 Å². The van der Waals surface area contributed by atoms with E-state index in [1.165, 1.54) is 0 Å². The van der Waals surface area contributed by atoms with E-state index in [4.69, 9.17) is 4.98 Å². The molecule has 206 valence electrons. The van der Waals surface area contributed by atoms with Crippen LogP contribution >= 0.6 is 0 Å². The summed E-state index contributed by atoms with van der Waals surface area (Å²) in [6.07, 6.45) is 7.31. The number of aliphatic imine (C=N–C) groups is 1. The topological polar surface area (TPSA) is 108 Å². The van der Waals surface area contributed by atoms with Crippen LogP contribution in [0.3, 0.4) is 0 Å². The zero-order valence-corrected chi connectivity index (χ0v) is 22.9. The van der Waals surface area contributed by atoms with Crippen molar-refractivity contribution in [2.45, 2.75) is 70.4 Å². The van der Waals surface area contributed by atoms with Crippen LogP contribution in [0.5, 0.6) is 0 Å². The van der Waals surface area contributed by atoms with Crippen molar-refractivity contribution in [1.82, 2.24) is 9.88 Å². The number of aliphatic carboxylic acids is 1. The van der Waals surface area contributed by atoms with Gasteiger partial charge in [-0.25, -0.2) is 9.79 Å². The number of carboxylic acids is 1. The molecular formula is C32H35N5O3. The highest BCUT2D eigenvalue weighted by Crippen LogP contribution is 2.36.